The zero-order chi connectivity index (χ0) is 12.8. The first kappa shape index (κ1) is 12.9. The minimum atomic E-state index is -2.37. The molecule has 0 spiro atoms. The molecule has 0 radical (unpaired) electrons. The van der Waals surface area contributed by atoms with Crippen molar-refractivity contribution in [1.82, 2.24) is 0 Å². The van der Waals surface area contributed by atoms with Gasteiger partial charge >= 0.3 is 18.0 Å². The fourth-order valence-corrected chi connectivity index (χ4v) is 0.942. The van der Waals surface area contributed by atoms with Crippen molar-refractivity contribution in [3.63, 3.8) is 0 Å². The largest absolute Gasteiger partial charge is 0.477 e. The van der Waals surface area contributed by atoms with Gasteiger partial charge in [0.25, 0.3) is 0 Å². The Labute approximate surface area is 93.9 Å². The number of halogens is 3. The van der Waals surface area contributed by atoms with Crippen LogP contribution in [-0.2, 0) is 4.74 Å². The highest BCUT2D eigenvalue weighted by atomic mass is 19.3. The van der Waals surface area contributed by atoms with Crippen LogP contribution in [0, 0.1) is 0 Å². The zero-order valence-electron chi connectivity index (χ0n) is 8.32. The normalized spacial score (nSPS) is 9.59. The molecular formula is C10H7F3O4. The molecule has 0 amide bonds. The molecule has 4 nitrogen and oxygen atoms in total. The van der Waals surface area contributed by atoms with Crippen LogP contribution in [0.1, 0.15) is 10.4 Å². The van der Waals surface area contributed by atoms with Crippen LogP contribution in [0.15, 0.2) is 36.3 Å². The van der Waals surface area contributed by atoms with Gasteiger partial charge in [-0.05, 0) is 24.3 Å². The Morgan fingerprint density at radius 2 is 1.82 bits per heavy atom. The summed E-state index contributed by atoms with van der Waals surface area (Å²) in [6.07, 6.45) is -2.37. The van der Waals surface area contributed by atoms with Crippen LogP contribution >= 0.6 is 0 Å². The minimum absolute atomic E-state index is 0.0270. The second-order valence-corrected chi connectivity index (χ2v) is 2.73. The van der Waals surface area contributed by atoms with E-state index in [-0.39, 0.29) is 11.3 Å². The van der Waals surface area contributed by atoms with E-state index in [0.717, 1.165) is 12.1 Å². The Morgan fingerprint density at radius 1 is 1.24 bits per heavy atom. The summed E-state index contributed by atoms with van der Waals surface area (Å²) in [5, 5.41) is 8.61. The average molecular weight is 248 g/mol. The minimum Gasteiger partial charge on any atom is -0.477 e. The van der Waals surface area contributed by atoms with Crippen molar-refractivity contribution >= 4 is 5.97 Å². The number of carbonyl (C=O) groups excluding carboxylic acids is 1. The Kier molecular flexibility index (Phi) is 4.38. The number of aliphatic hydroxyl groups is 1. The lowest BCUT2D eigenvalue weighted by atomic mass is 10.2. The molecule has 0 bridgehead atoms. The Balaban J connectivity index is 2.75. The van der Waals surface area contributed by atoms with E-state index in [4.69, 9.17) is 5.11 Å². The molecule has 0 saturated heterocycles. The second-order valence-electron chi connectivity index (χ2n) is 2.73. The molecule has 1 N–H and O–H groups in total. The predicted octanol–water partition coefficient (Wildman–Crippen LogP) is 2.77. The number of hydrogen-bond acceptors (Lipinski definition) is 4. The number of ether oxygens (including phenoxy) is 2. The molecule has 0 aliphatic heterocycles. The van der Waals surface area contributed by atoms with Crippen molar-refractivity contribution in [1.29, 1.82) is 0 Å². The molecule has 1 rings (SSSR count). The van der Waals surface area contributed by atoms with E-state index in [1.807, 2.05) is 0 Å². The Hall–Kier alpha value is -2.18. The van der Waals surface area contributed by atoms with Crippen LogP contribution in [0.2, 0.25) is 0 Å². The van der Waals surface area contributed by atoms with Crippen molar-refractivity contribution < 1.29 is 32.5 Å². The van der Waals surface area contributed by atoms with Gasteiger partial charge < -0.3 is 14.6 Å². The standard InChI is InChI=1S/C10H7F3O4/c11-5-16-9(14)6-1-3-7(4-2-6)17-10(15)8(12)13/h1-4,15H,5H2. The number of hydrogen-bond donors (Lipinski definition) is 1. The lowest BCUT2D eigenvalue weighted by Gasteiger charge is -2.04. The monoisotopic (exact) mass is 248 g/mol. The smallest absolute Gasteiger partial charge is 0.350 e. The molecule has 92 valence electrons. The third kappa shape index (κ3) is 3.71. The van der Waals surface area contributed by atoms with Gasteiger partial charge in [0.2, 0.25) is 6.86 Å². The maximum absolute atomic E-state index is 11.8. The highest BCUT2D eigenvalue weighted by Crippen LogP contribution is 2.17. The molecule has 1 aromatic carbocycles. The van der Waals surface area contributed by atoms with Crippen molar-refractivity contribution in [3.8, 4) is 5.75 Å². The van der Waals surface area contributed by atoms with E-state index in [9.17, 15) is 18.0 Å². The van der Waals surface area contributed by atoms with E-state index >= 15 is 0 Å². The van der Waals surface area contributed by atoms with Crippen LogP contribution in [0.25, 0.3) is 0 Å². The number of alkyl halides is 1. The quantitative estimate of drug-likeness (QED) is 0.657. The van der Waals surface area contributed by atoms with E-state index in [2.05, 4.69) is 9.47 Å². The van der Waals surface area contributed by atoms with E-state index in [1.54, 1.807) is 0 Å². The van der Waals surface area contributed by atoms with Gasteiger partial charge in [0.05, 0.1) is 5.56 Å². The van der Waals surface area contributed by atoms with Gasteiger partial charge in [-0.2, -0.15) is 8.78 Å². The number of rotatable bonds is 4. The maximum Gasteiger partial charge on any atom is 0.350 e. The molecule has 0 atom stereocenters. The van der Waals surface area contributed by atoms with E-state index in [0.29, 0.717) is 0 Å². The summed E-state index contributed by atoms with van der Waals surface area (Å²) in [6, 6.07) is 4.65. The lowest BCUT2D eigenvalue weighted by Crippen LogP contribution is -2.03. The molecule has 0 saturated carbocycles. The summed E-state index contributed by atoms with van der Waals surface area (Å²) in [6.45, 7) is -1.26. The summed E-state index contributed by atoms with van der Waals surface area (Å²) in [5.74, 6) is -2.52. The number of aliphatic hydroxyl groups excluding tert-OH is 1. The SMILES string of the molecule is O=C(OCF)c1ccc(OC(O)=C(F)F)cc1. The highest BCUT2D eigenvalue weighted by Gasteiger charge is 2.09. The average Bonchev–Trinajstić information content (AvgIpc) is 2.30. The van der Waals surface area contributed by atoms with Gasteiger partial charge in [-0.1, -0.05) is 0 Å². The lowest BCUT2D eigenvalue weighted by molar-refractivity contribution is 0.0324. The Bertz CT molecular complexity index is 424. The molecule has 0 heterocycles. The summed E-state index contributed by atoms with van der Waals surface area (Å²) < 4.78 is 43.7. The van der Waals surface area contributed by atoms with E-state index < -0.39 is 24.9 Å². The molecule has 0 unspecified atom stereocenters. The topological polar surface area (TPSA) is 55.8 Å². The molecule has 0 fully saturated rings. The fourth-order valence-electron chi connectivity index (χ4n) is 0.942. The molecular weight excluding hydrogens is 241 g/mol. The first-order valence-corrected chi connectivity index (χ1v) is 4.30. The number of carbonyl (C=O) groups is 1. The summed E-state index contributed by atoms with van der Waals surface area (Å²) in [7, 11) is 0. The first-order chi connectivity index (χ1) is 8.04. The van der Waals surface area contributed by atoms with Gasteiger partial charge in [0.1, 0.15) is 5.75 Å². The highest BCUT2D eigenvalue weighted by molar-refractivity contribution is 5.89. The summed E-state index contributed by atoms with van der Waals surface area (Å²) >= 11 is 0. The van der Waals surface area contributed by atoms with Gasteiger partial charge in [-0.25, -0.2) is 9.18 Å². The summed E-state index contributed by atoms with van der Waals surface area (Å²) in [4.78, 5) is 11.0. The third-order valence-electron chi connectivity index (χ3n) is 1.65. The van der Waals surface area contributed by atoms with E-state index in [1.165, 1.54) is 12.1 Å². The van der Waals surface area contributed by atoms with Gasteiger partial charge in [-0.3, -0.25) is 0 Å². The predicted molar refractivity (Wildman–Crippen MR) is 50.3 cm³/mol. The number of esters is 1. The van der Waals surface area contributed by atoms with Crippen LogP contribution < -0.4 is 4.74 Å². The van der Waals surface area contributed by atoms with Crippen molar-refractivity contribution in [2.45, 2.75) is 0 Å². The maximum atomic E-state index is 11.8. The van der Waals surface area contributed by atoms with Crippen LogP contribution in [0.5, 0.6) is 5.75 Å². The summed E-state index contributed by atoms with van der Waals surface area (Å²) in [5.41, 5.74) is 0.0270. The molecule has 1 aromatic rings. The van der Waals surface area contributed by atoms with Gasteiger partial charge in [0.15, 0.2) is 0 Å². The Morgan fingerprint density at radius 3 is 2.29 bits per heavy atom. The van der Waals surface area contributed by atoms with Crippen LogP contribution in [0.3, 0.4) is 0 Å². The molecule has 0 aromatic heterocycles. The first-order valence-electron chi connectivity index (χ1n) is 4.30. The van der Waals surface area contributed by atoms with Crippen molar-refractivity contribution in [3.05, 3.63) is 41.9 Å². The van der Waals surface area contributed by atoms with Gasteiger partial charge in [-0.15, -0.1) is 0 Å². The van der Waals surface area contributed by atoms with Crippen molar-refractivity contribution in [2.24, 2.45) is 0 Å². The van der Waals surface area contributed by atoms with Crippen LogP contribution in [0.4, 0.5) is 13.2 Å². The number of benzene rings is 1. The fraction of sp³-hybridized carbons (Fsp3) is 0.100. The third-order valence-corrected chi connectivity index (χ3v) is 1.65. The second kappa shape index (κ2) is 5.78. The molecule has 7 heteroatoms. The molecule has 0 aliphatic rings. The zero-order valence-corrected chi connectivity index (χ0v) is 8.32. The van der Waals surface area contributed by atoms with Crippen LogP contribution in [-0.4, -0.2) is 17.9 Å². The van der Waals surface area contributed by atoms with Gasteiger partial charge in [0, 0.05) is 0 Å². The molecule has 0 aliphatic carbocycles. The van der Waals surface area contributed by atoms with Crippen molar-refractivity contribution in [2.75, 3.05) is 6.86 Å². The molecule has 17 heavy (non-hydrogen) atoms.